The van der Waals surface area contributed by atoms with Gasteiger partial charge in [0.15, 0.2) is 11.8 Å². The van der Waals surface area contributed by atoms with E-state index in [0.717, 1.165) is 0 Å². The Hall–Kier alpha value is -3.88. The van der Waals surface area contributed by atoms with E-state index in [9.17, 15) is 19.2 Å². The number of nitrogens with one attached hydrogen (secondary N) is 1. The second-order valence-electron chi connectivity index (χ2n) is 9.15. The number of ether oxygens (including phenoxy) is 2. The van der Waals surface area contributed by atoms with Crippen LogP contribution in [0.25, 0.3) is 0 Å². The van der Waals surface area contributed by atoms with Gasteiger partial charge in [-0.25, -0.2) is 9.59 Å². The molecule has 9 heteroatoms. The van der Waals surface area contributed by atoms with Gasteiger partial charge in [-0.05, 0) is 50.3 Å². The third-order valence-electron chi connectivity index (χ3n) is 6.75. The number of esters is 1. The quantitative estimate of drug-likeness (QED) is 0.523. The average molecular weight is 508 g/mol. The molecule has 0 radical (unpaired) electrons. The number of hydrogen-bond donors (Lipinski definition) is 1. The summed E-state index contributed by atoms with van der Waals surface area (Å²) < 4.78 is 10.8. The molecule has 0 bridgehead atoms. The number of nitrogens with zero attached hydrogens (tertiary/aromatic N) is 2. The number of likely N-dealkylation sites (tertiary alicyclic amines) is 2. The summed E-state index contributed by atoms with van der Waals surface area (Å²) in [5.74, 6) is -0.363. The Bertz CT molecular complexity index is 1090. The normalized spacial score (nSPS) is 19.8. The van der Waals surface area contributed by atoms with E-state index in [0.29, 0.717) is 50.1 Å². The Labute approximate surface area is 216 Å². The molecule has 196 valence electrons. The van der Waals surface area contributed by atoms with Crippen molar-refractivity contribution in [3.05, 3.63) is 66.2 Å². The molecule has 4 rings (SSSR count). The average Bonchev–Trinajstić information content (AvgIpc) is 3.62. The first-order valence-electron chi connectivity index (χ1n) is 12.8. The van der Waals surface area contributed by atoms with Crippen LogP contribution in [0.3, 0.4) is 0 Å². The van der Waals surface area contributed by atoms with Gasteiger partial charge in [0.2, 0.25) is 5.91 Å². The SMILES string of the molecule is CCOC(=O)[C@@H](NC(=O)N1CCC[C@@H]1C(=O)N1CCC[C@H]1C(=O)COc1ccccc1)c1ccccc1. The molecule has 2 heterocycles. The van der Waals surface area contributed by atoms with Gasteiger partial charge in [0.05, 0.1) is 12.6 Å². The summed E-state index contributed by atoms with van der Waals surface area (Å²) in [6.45, 7) is 2.61. The molecule has 9 nitrogen and oxygen atoms in total. The summed E-state index contributed by atoms with van der Waals surface area (Å²) in [5, 5.41) is 2.76. The van der Waals surface area contributed by atoms with Gasteiger partial charge in [-0.1, -0.05) is 48.5 Å². The van der Waals surface area contributed by atoms with Gasteiger partial charge in [0.25, 0.3) is 0 Å². The number of carbonyl (C=O) groups is 4. The molecule has 1 N–H and O–H groups in total. The molecule has 0 unspecified atom stereocenters. The lowest BCUT2D eigenvalue weighted by atomic mass is 10.1. The van der Waals surface area contributed by atoms with Crippen LogP contribution >= 0.6 is 0 Å². The van der Waals surface area contributed by atoms with Crippen LogP contribution in [0.4, 0.5) is 4.79 Å². The molecule has 3 atom stereocenters. The number of urea groups is 1. The summed E-state index contributed by atoms with van der Waals surface area (Å²) in [4.78, 5) is 55.5. The lowest BCUT2D eigenvalue weighted by molar-refractivity contribution is -0.145. The zero-order chi connectivity index (χ0) is 26.2. The van der Waals surface area contributed by atoms with Crippen molar-refractivity contribution in [2.75, 3.05) is 26.3 Å². The lowest BCUT2D eigenvalue weighted by Gasteiger charge is -2.31. The van der Waals surface area contributed by atoms with E-state index >= 15 is 0 Å². The van der Waals surface area contributed by atoms with Crippen molar-refractivity contribution < 1.29 is 28.7 Å². The number of ketones is 1. The fourth-order valence-electron chi connectivity index (χ4n) is 4.95. The number of benzene rings is 2. The van der Waals surface area contributed by atoms with Crippen molar-refractivity contribution in [2.45, 2.75) is 50.7 Å². The molecule has 0 spiro atoms. The van der Waals surface area contributed by atoms with Crippen molar-refractivity contribution in [1.82, 2.24) is 15.1 Å². The minimum atomic E-state index is -0.985. The van der Waals surface area contributed by atoms with Crippen molar-refractivity contribution in [3.8, 4) is 5.75 Å². The Kier molecular flexibility index (Phi) is 8.77. The molecule has 2 aromatic carbocycles. The highest BCUT2D eigenvalue weighted by Crippen LogP contribution is 2.26. The third kappa shape index (κ3) is 6.28. The van der Waals surface area contributed by atoms with Gasteiger partial charge < -0.3 is 24.6 Å². The zero-order valence-electron chi connectivity index (χ0n) is 21.0. The first kappa shape index (κ1) is 26.2. The van der Waals surface area contributed by atoms with Crippen LogP contribution in [-0.4, -0.2) is 71.9 Å². The topological polar surface area (TPSA) is 105 Å². The third-order valence-corrected chi connectivity index (χ3v) is 6.75. The van der Waals surface area contributed by atoms with Crippen LogP contribution in [0, 0.1) is 0 Å². The monoisotopic (exact) mass is 507 g/mol. The number of amides is 3. The van der Waals surface area contributed by atoms with Gasteiger partial charge in [-0.15, -0.1) is 0 Å². The van der Waals surface area contributed by atoms with Crippen LogP contribution in [0.5, 0.6) is 5.75 Å². The van der Waals surface area contributed by atoms with Crippen LogP contribution in [-0.2, 0) is 19.1 Å². The van der Waals surface area contributed by atoms with Crippen LogP contribution < -0.4 is 10.1 Å². The van der Waals surface area contributed by atoms with Crippen LogP contribution in [0.2, 0.25) is 0 Å². The summed E-state index contributed by atoms with van der Waals surface area (Å²) in [5.41, 5.74) is 0.597. The van der Waals surface area contributed by atoms with E-state index < -0.39 is 30.1 Å². The molecular weight excluding hydrogens is 474 g/mol. The molecule has 2 saturated heterocycles. The van der Waals surface area contributed by atoms with E-state index in [1.807, 2.05) is 24.3 Å². The first-order chi connectivity index (χ1) is 18.0. The van der Waals surface area contributed by atoms with Crippen molar-refractivity contribution in [3.63, 3.8) is 0 Å². The van der Waals surface area contributed by atoms with E-state index in [4.69, 9.17) is 9.47 Å². The highest BCUT2D eigenvalue weighted by atomic mass is 16.5. The van der Waals surface area contributed by atoms with E-state index in [1.54, 1.807) is 48.2 Å². The van der Waals surface area contributed by atoms with E-state index in [2.05, 4.69) is 5.32 Å². The van der Waals surface area contributed by atoms with E-state index in [-0.39, 0.29) is 24.9 Å². The van der Waals surface area contributed by atoms with Gasteiger partial charge >= 0.3 is 12.0 Å². The number of rotatable bonds is 9. The minimum Gasteiger partial charge on any atom is -0.486 e. The molecule has 2 aliphatic heterocycles. The smallest absolute Gasteiger partial charge is 0.333 e. The molecule has 0 aromatic heterocycles. The summed E-state index contributed by atoms with van der Waals surface area (Å²) >= 11 is 0. The van der Waals surface area contributed by atoms with Crippen molar-refractivity contribution >= 4 is 23.7 Å². The van der Waals surface area contributed by atoms with E-state index in [1.165, 1.54) is 4.90 Å². The number of para-hydroxylation sites is 1. The Morgan fingerprint density at radius 1 is 0.892 bits per heavy atom. The molecule has 3 amide bonds. The largest absolute Gasteiger partial charge is 0.486 e. The maximum atomic E-state index is 13.6. The Morgan fingerprint density at radius 2 is 1.51 bits per heavy atom. The summed E-state index contributed by atoms with van der Waals surface area (Å²) in [7, 11) is 0. The number of hydrogen-bond acceptors (Lipinski definition) is 6. The lowest BCUT2D eigenvalue weighted by Crippen LogP contribution is -2.54. The molecule has 2 aliphatic rings. The maximum Gasteiger partial charge on any atom is 0.333 e. The predicted molar refractivity (Wildman–Crippen MR) is 136 cm³/mol. The fourth-order valence-corrected chi connectivity index (χ4v) is 4.95. The fraction of sp³-hybridized carbons (Fsp3) is 0.429. The van der Waals surface area contributed by atoms with Crippen molar-refractivity contribution in [2.24, 2.45) is 0 Å². The number of carbonyl (C=O) groups excluding carboxylic acids is 4. The maximum absolute atomic E-state index is 13.6. The van der Waals surface area contributed by atoms with Gasteiger partial charge in [-0.3, -0.25) is 9.59 Å². The molecule has 0 saturated carbocycles. The number of Topliss-reactive ketones (excluding diaryl/α,β-unsaturated/α-hetero) is 1. The van der Waals surface area contributed by atoms with Crippen LogP contribution in [0.1, 0.15) is 44.2 Å². The van der Waals surface area contributed by atoms with Gasteiger partial charge in [0, 0.05) is 13.1 Å². The first-order valence-corrected chi connectivity index (χ1v) is 12.8. The predicted octanol–water partition coefficient (Wildman–Crippen LogP) is 3.10. The van der Waals surface area contributed by atoms with Crippen molar-refractivity contribution in [1.29, 1.82) is 0 Å². The second kappa shape index (κ2) is 12.4. The molecule has 2 aromatic rings. The molecular formula is C28H33N3O6. The van der Waals surface area contributed by atoms with Crippen LogP contribution in [0.15, 0.2) is 60.7 Å². The molecule has 0 aliphatic carbocycles. The molecule has 37 heavy (non-hydrogen) atoms. The standard InChI is InChI=1S/C28H33N3O6/c1-2-36-27(34)25(20-11-5-3-6-12-20)29-28(35)31-18-10-16-23(31)26(33)30-17-9-15-22(30)24(32)19-37-21-13-7-4-8-14-21/h3-8,11-14,22-23,25H,2,9-10,15-19H2,1H3,(H,29,35)/t22-,23+,25-/m0/s1. The summed E-state index contributed by atoms with van der Waals surface area (Å²) in [6, 6.07) is 15.2. The second-order valence-corrected chi connectivity index (χ2v) is 9.15. The highest BCUT2D eigenvalue weighted by Gasteiger charge is 2.42. The van der Waals surface area contributed by atoms with Gasteiger partial charge in [-0.2, -0.15) is 0 Å². The summed E-state index contributed by atoms with van der Waals surface area (Å²) in [6.07, 6.45) is 2.44. The molecule has 2 fully saturated rings. The Balaban J connectivity index is 1.42. The minimum absolute atomic E-state index is 0.119. The highest BCUT2D eigenvalue weighted by molar-refractivity contribution is 5.94. The van der Waals surface area contributed by atoms with Gasteiger partial charge in [0.1, 0.15) is 18.4 Å². The zero-order valence-corrected chi connectivity index (χ0v) is 21.0. The Morgan fingerprint density at radius 3 is 2.19 bits per heavy atom.